The molecule has 1 heterocycles. The SMILES string of the molecule is Cn1nc(-c2ccccc2)c(CCN)c1Sc1ccccc1. The number of nitrogens with zero attached hydrogens (tertiary/aromatic N) is 2. The second kappa shape index (κ2) is 6.81. The van der Waals surface area contributed by atoms with Gasteiger partial charge in [-0.15, -0.1) is 0 Å². The molecule has 0 aliphatic carbocycles. The first kappa shape index (κ1) is 14.9. The van der Waals surface area contributed by atoms with Crippen LogP contribution in [-0.4, -0.2) is 16.3 Å². The van der Waals surface area contributed by atoms with Crippen LogP contribution < -0.4 is 5.73 Å². The molecular formula is C18H19N3S. The summed E-state index contributed by atoms with van der Waals surface area (Å²) in [6.07, 6.45) is 0.827. The van der Waals surface area contributed by atoms with Crippen molar-refractivity contribution in [3.05, 3.63) is 66.2 Å². The van der Waals surface area contributed by atoms with Gasteiger partial charge in [0.2, 0.25) is 0 Å². The molecular weight excluding hydrogens is 290 g/mol. The van der Waals surface area contributed by atoms with E-state index in [1.165, 1.54) is 10.5 Å². The Morgan fingerprint density at radius 3 is 2.27 bits per heavy atom. The fourth-order valence-electron chi connectivity index (χ4n) is 2.48. The standard InChI is InChI=1S/C18H19N3S/c1-21-18(22-15-10-6-3-7-11-15)16(12-13-19)17(20-21)14-8-4-2-5-9-14/h2-11H,12-13,19H2,1H3. The first-order chi connectivity index (χ1) is 10.8. The molecule has 4 heteroatoms. The quantitative estimate of drug-likeness (QED) is 0.781. The van der Waals surface area contributed by atoms with Gasteiger partial charge in [0.25, 0.3) is 0 Å². The Morgan fingerprint density at radius 1 is 1.00 bits per heavy atom. The largest absolute Gasteiger partial charge is 0.330 e. The molecule has 0 amide bonds. The van der Waals surface area contributed by atoms with E-state index in [0.717, 1.165) is 22.7 Å². The van der Waals surface area contributed by atoms with Crippen LogP contribution in [0.2, 0.25) is 0 Å². The monoisotopic (exact) mass is 309 g/mol. The normalized spacial score (nSPS) is 10.8. The Labute approximate surface area is 135 Å². The van der Waals surface area contributed by atoms with Gasteiger partial charge in [-0.2, -0.15) is 5.10 Å². The molecule has 0 saturated carbocycles. The van der Waals surface area contributed by atoms with Gasteiger partial charge in [-0.25, -0.2) is 0 Å². The second-order valence-electron chi connectivity index (χ2n) is 5.08. The van der Waals surface area contributed by atoms with Crippen LogP contribution in [0.25, 0.3) is 11.3 Å². The zero-order chi connectivity index (χ0) is 15.4. The topological polar surface area (TPSA) is 43.8 Å². The highest BCUT2D eigenvalue weighted by Crippen LogP contribution is 2.35. The molecule has 0 atom stereocenters. The number of aromatic nitrogens is 2. The summed E-state index contributed by atoms with van der Waals surface area (Å²) in [5.41, 5.74) is 9.23. The lowest BCUT2D eigenvalue weighted by Gasteiger charge is -2.06. The van der Waals surface area contributed by atoms with E-state index in [4.69, 9.17) is 10.8 Å². The van der Waals surface area contributed by atoms with Crippen molar-refractivity contribution in [3.63, 3.8) is 0 Å². The highest BCUT2D eigenvalue weighted by molar-refractivity contribution is 7.99. The van der Waals surface area contributed by atoms with Crippen LogP contribution in [0.15, 0.2) is 70.6 Å². The summed E-state index contributed by atoms with van der Waals surface area (Å²) >= 11 is 1.74. The van der Waals surface area contributed by atoms with E-state index >= 15 is 0 Å². The van der Waals surface area contributed by atoms with Crippen molar-refractivity contribution >= 4 is 11.8 Å². The zero-order valence-electron chi connectivity index (χ0n) is 12.6. The Hall–Kier alpha value is -2.04. The van der Waals surface area contributed by atoms with Crippen LogP contribution in [-0.2, 0) is 13.5 Å². The molecule has 0 saturated heterocycles. The van der Waals surface area contributed by atoms with E-state index in [0.29, 0.717) is 6.54 Å². The fourth-order valence-corrected chi connectivity index (χ4v) is 3.49. The van der Waals surface area contributed by atoms with Gasteiger partial charge >= 0.3 is 0 Å². The molecule has 0 bridgehead atoms. The third kappa shape index (κ3) is 3.08. The van der Waals surface area contributed by atoms with Crippen molar-refractivity contribution in [2.45, 2.75) is 16.3 Å². The summed E-state index contributed by atoms with van der Waals surface area (Å²) in [6, 6.07) is 20.7. The molecule has 0 aliphatic heterocycles. The predicted octanol–water partition coefficient (Wildman–Crippen LogP) is 3.74. The molecule has 3 aromatic rings. The Bertz CT molecular complexity index is 736. The second-order valence-corrected chi connectivity index (χ2v) is 6.14. The summed E-state index contributed by atoms with van der Waals surface area (Å²) in [4.78, 5) is 1.21. The molecule has 0 spiro atoms. The average molecular weight is 309 g/mol. The zero-order valence-corrected chi connectivity index (χ0v) is 13.4. The number of rotatable bonds is 5. The summed E-state index contributed by atoms with van der Waals surface area (Å²) in [7, 11) is 2.00. The highest BCUT2D eigenvalue weighted by Gasteiger charge is 2.17. The van der Waals surface area contributed by atoms with Crippen LogP contribution >= 0.6 is 11.8 Å². The molecule has 3 rings (SSSR count). The lowest BCUT2D eigenvalue weighted by Crippen LogP contribution is -2.04. The molecule has 0 unspecified atom stereocenters. The minimum Gasteiger partial charge on any atom is -0.330 e. The number of aryl methyl sites for hydroxylation is 1. The molecule has 0 aliphatic rings. The Balaban J connectivity index is 2.04. The molecule has 3 nitrogen and oxygen atoms in total. The van der Waals surface area contributed by atoms with Gasteiger partial charge in [0.05, 0.1) is 5.69 Å². The minimum absolute atomic E-state index is 0.619. The molecule has 0 fully saturated rings. The first-order valence-corrected chi connectivity index (χ1v) is 8.15. The number of hydrogen-bond donors (Lipinski definition) is 1. The molecule has 112 valence electrons. The van der Waals surface area contributed by atoms with E-state index in [1.807, 2.05) is 36.0 Å². The van der Waals surface area contributed by atoms with Gasteiger partial charge in [0.15, 0.2) is 0 Å². The summed E-state index contributed by atoms with van der Waals surface area (Å²) in [5.74, 6) is 0. The van der Waals surface area contributed by atoms with E-state index < -0.39 is 0 Å². The van der Waals surface area contributed by atoms with Crippen molar-refractivity contribution < 1.29 is 0 Å². The maximum atomic E-state index is 5.83. The van der Waals surface area contributed by atoms with E-state index in [2.05, 4.69) is 36.4 Å². The van der Waals surface area contributed by atoms with Crippen LogP contribution in [0.1, 0.15) is 5.56 Å². The summed E-state index contributed by atoms with van der Waals surface area (Å²) in [5, 5.41) is 5.90. The summed E-state index contributed by atoms with van der Waals surface area (Å²) in [6.45, 7) is 0.619. The number of hydrogen-bond acceptors (Lipinski definition) is 3. The molecule has 2 N–H and O–H groups in total. The van der Waals surface area contributed by atoms with E-state index in [1.54, 1.807) is 11.8 Å². The van der Waals surface area contributed by atoms with Crippen molar-refractivity contribution in [1.82, 2.24) is 9.78 Å². The van der Waals surface area contributed by atoms with Gasteiger partial charge in [0, 0.05) is 23.1 Å². The minimum atomic E-state index is 0.619. The van der Waals surface area contributed by atoms with Crippen LogP contribution in [0.3, 0.4) is 0 Å². The molecule has 22 heavy (non-hydrogen) atoms. The first-order valence-electron chi connectivity index (χ1n) is 7.34. The summed E-state index contributed by atoms with van der Waals surface area (Å²) < 4.78 is 1.96. The highest BCUT2D eigenvalue weighted by atomic mass is 32.2. The van der Waals surface area contributed by atoms with Crippen molar-refractivity contribution in [3.8, 4) is 11.3 Å². The maximum Gasteiger partial charge on any atom is 0.102 e. The van der Waals surface area contributed by atoms with Gasteiger partial charge in [-0.3, -0.25) is 4.68 Å². The molecule has 2 aromatic carbocycles. The predicted molar refractivity (Wildman–Crippen MR) is 92.0 cm³/mol. The van der Waals surface area contributed by atoms with Gasteiger partial charge in [-0.1, -0.05) is 60.3 Å². The molecule has 1 aromatic heterocycles. The maximum absolute atomic E-state index is 5.83. The Kier molecular flexibility index (Phi) is 4.61. The van der Waals surface area contributed by atoms with Crippen molar-refractivity contribution in [2.75, 3.05) is 6.54 Å². The van der Waals surface area contributed by atoms with Crippen LogP contribution in [0.4, 0.5) is 0 Å². The fraction of sp³-hybridized carbons (Fsp3) is 0.167. The van der Waals surface area contributed by atoms with Crippen LogP contribution in [0, 0.1) is 0 Å². The van der Waals surface area contributed by atoms with Gasteiger partial charge in [-0.05, 0) is 25.1 Å². The lowest BCUT2D eigenvalue weighted by atomic mass is 10.1. The van der Waals surface area contributed by atoms with Gasteiger partial charge in [0.1, 0.15) is 5.03 Å². The third-order valence-corrected chi connectivity index (χ3v) is 4.70. The van der Waals surface area contributed by atoms with Gasteiger partial charge < -0.3 is 5.73 Å². The van der Waals surface area contributed by atoms with Crippen molar-refractivity contribution in [2.24, 2.45) is 12.8 Å². The Morgan fingerprint density at radius 2 is 1.64 bits per heavy atom. The van der Waals surface area contributed by atoms with Crippen LogP contribution in [0.5, 0.6) is 0 Å². The smallest absolute Gasteiger partial charge is 0.102 e. The lowest BCUT2D eigenvalue weighted by molar-refractivity contribution is 0.694. The molecule has 0 radical (unpaired) electrons. The number of benzene rings is 2. The average Bonchev–Trinajstić information content (AvgIpc) is 2.86. The third-order valence-electron chi connectivity index (χ3n) is 3.49. The van der Waals surface area contributed by atoms with E-state index in [-0.39, 0.29) is 0 Å². The number of nitrogens with two attached hydrogens (primary N) is 1. The van der Waals surface area contributed by atoms with E-state index in [9.17, 15) is 0 Å². The van der Waals surface area contributed by atoms with Crippen molar-refractivity contribution in [1.29, 1.82) is 0 Å².